The number of hydrogen-bond acceptors (Lipinski definition) is 4. The summed E-state index contributed by atoms with van der Waals surface area (Å²) < 4.78 is 30.0. The molecule has 1 amide bonds. The normalized spacial score (nSPS) is 11.3. The lowest BCUT2D eigenvalue weighted by atomic mass is 10.2. The molecule has 0 aliphatic rings. The molecule has 0 saturated heterocycles. The predicted molar refractivity (Wildman–Crippen MR) is 69.1 cm³/mol. The van der Waals surface area contributed by atoms with Gasteiger partial charge in [0, 0.05) is 5.56 Å². The number of sulfonamides is 1. The topological polar surface area (TPSA) is 72.5 Å². The standard InChI is InChI=1S/C12H17NO4S/c1-4-18(15,16)13-12(14)10-6-5-7-11(8-10)17-9(2)3/h5-9H,4H2,1-3H3,(H,13,14). The van der Waals surface area contributed by atoms with Gasteiger partial charge in [-0.25, -0.2) is 13.1 Å². The first kappa shape index (κ1) is 14.5. The number of rotatable bonds is 5. The zero-order valence-electron chi connectivity index (χ0n) is 10.6. The van der Waals surface area contributed by atoms with Gasteiger partial charge in [0.2, 0.25) is 10.0 Å². The number of nitrogens with one attached hydrogen (secondary N) is 1. The summed E-state index contributed by atoms with van der Waals surface area (Å²) in [4.78, 5) is 11.7. The first-order valence-corrected chi connectivity index (χ1v) is 7.31. The van der Waals surface area contributed by atoms with Crippen LogP contribution in [0.3, 0.4) is 0 Å². The lowest BCUT2D eigenvalue weighted by Gasteiger charge is -2.10. The third kappa shape index (κ3) is 4.37. The molecule has 5 nitrogen and oxygen atoms in total. The smallest absolute Gasteiger partial charge is 0.264 e. The lowest BCUT2D eigenvalue weighted by Crippen LogP contribution is -2.31. The summed E-state index contributed by atoms with van der Waals surface area (Å²) in [5.41, 5.74) is 0.255. The molecular formula is C12H17NO4S. The molecule has 0 aliphatic heterocycles. The molecule has 0 unspecified atom stereocenters. The van der Waals surface area contributed by atoms with Crippen molar-refractivity contribution < 1.29 is 17.9 Å². The summed E-state index contributed by atoms with van der Waals surface area (Å²) in [6, 6.07) is 6.41. The van der Waals surface area contributed by atoms with E-state index in [0.29, 0.717) is 5.75 Å². The van der Waals surface area contributed by atoms with E-state index in [1.54, 1.807) is 12.1 Å². The minimum absolute atomic E-state index is 0.0114. The van der Waals surface area contributed by atoms with E-state index in [2.05, 4.69) is 0 Å². The molecule has 0 radical (unpaired) electrons. The van der Waals surface area contributed by atoms with E-state index in [9.17, 15) is 13.2 Å². The van der Waals surface area contributed by atoms with Crippen molar-refractivity contribution in [1.29, 1.82) is 0 Å². The van der Waals surface area contributed by atoms with Gasteiger partial charge in [0.1, 0.15) is 5.75 Å². The van der Waals surface area contributed by atoms with Gasteiger partial charge in [-0.1, -0.05) is 6.07 Å². The van der Waals surface area contributed by atoms with Crippen LogP contribution in [0.5, 0.6) is 5.75 Å². The molecular weight excluding hydrogens is 254 g/mol. The molecule has 0 aromatic heterocycles. The first-order valence-electron chi connectivity index (χ1n) is 5.65. The monoisotopic (exact) mass is 271 g/mol. The van der Waals surface area contributed by atoms with E-state index in [1.165, 1.54) is 19.1 Å². The molecule has 1 aromatic rings. The molecule has 0 spiro atoms. The van der Waals surface area contributed by atoms with Crippen LogP contribution < -0.4 is 9.46 Å². The van der Waals surface area contributed by atoms with Crippen molar-refractivity contribution in [3.63, 3.8) is 0 Å². The highest BCUT2D eigenvalue weighted by Gasteiger charge is 2.14. The first-order chi connectivity index (χ1) is 8.34. The second-order valence-corrected chi connectivity index (χ2v) is 6.04. The quantitative estimate of drug-likeness (QED) is 0.882. The van der Waals surface area contributed by atoms with Gasteiger partial charge in [0.15, 0.2) is 0 Å². The number of hydrogen-bond donors (Lipinski definition) is 1. The molecule has 0 bridgehead atoms. The maximum absolute atomic E-state index is 11.7. The Hall–Kier alpha value is -1.56. The van der Waals surface area contributed by atoms with Gasteiger partial charge < -0.3 is 4.74 Å². The van der Waals surface area contributed by atoms with E-state index in [1.807, 2.05) is 18.6 Å². The number of carbonyl (C=O) groups excluding carboxylic acids is 1. The van der Waals surface area contributed by atoms with Crippen LogP contribution >= 0.6 is 0 Å². The van der Waals surface area contributed by atoms with Crippen molar-refractivity contribution in [3.05, 3.63) is 29.8 Å². The summed E-state index contributed by atoms with van der Waals surface area (Å²) in [7, 11) is -3.54. The summed E-state index contributed by atoms with van der Waals surface area (Å²) in [5, 5.41) is 0. The number of amides is 1. The van der Waals surface area contributed by atoms with Crippen LogP contribution in [0.4, 0.5) is 0 Å². The molecule has 0 saturated carbocycles. The van der Waals surface area contributed by atoms with Crippen molar-refractivity contribution in [1.82, 2.24) is 4.72 Å². The van der Waals surface area contributed by atoms with Crippen molar-refractivity contribution >= 4 is 15.9 Å². The fourth-order valence-electron chi connectivity index (χ4n) is 1.26. The fourth-order valence-corrected chi connectivity index (χ4v) is 1.80. The molecule has 0 heterocycles. The van der Waals surface area contributed by atoms with Gasteiger partial charge in [-0.3, -0.25) is 4.79 Å². The number of ether oxygens (including phenoxy) is 1. The molecule has 0 aliphatic carbocycles. The Morgan fingerprint density at radius 3 is 2.61 bits per heavy atom. The van der Waals surface area contributed by atoms with Gasteiger partial charge in [-0.2, -0.15) is 0 Å². The zero-order chi connectivity index (χ0) is 13.8. The number of carbonyl (C=O) groups is 1. The van der Waals surface area contributed by atoms with E-state index < -0.39 is 15.9 Å². The average molecular weight is 271 g/mol. The van der Waals surface area contributed by atoms with Crippen LogP contribution in [-0.2, 0) is 10.0 Å². The predicted octanol–water partition coefficient (Wildman–Crippen LogP) is 1.55. The van der Waals surface area contributed by atoms with Crippen LogP contribution in [0.1, 0.15) is 31.1 Å². The molecule has 0 fully saturated rings. The van der Waals surface area contributed by atoms with E-state index in [4.69, 9.17) is 4.74 Å². The molecule has 1 rings (SSSR count). The zero-order valence-corrected chi connectivity index (χ0v) is 11.5. The molecule has 18 heavy (non-hydrogen) atoms. The molecule has 1 aromatic carbocycles. The maximum atomic E-state index is 11.7. The summed E-state index contributed by atoms with van der Waals surface area (Å²) >= 11 is 0. The van der Waals surface area contributed by atoms with E-state index >= 15 is 0 Å². The van der Waals surface area contributed by atoms with Gasteiger partial charge >= 0.3 is 0 Å². The highest BCUT2D eigenvalue weighted by Crippen LogP contribution is 2.15. The molecule has 0 atom stereocenters. The van der Waals surface area contributed by atoms with Crippen molar-refractivity contribution in [3.8, 4) is 5.75 Å². The van der Waals surface area contributed by atoms with E-state index in [-0.39, 0.29) is 17.4 Å². The van der Waals surface area contributed by atoms with Gasteiger partial charge in [0.05, 0.1) is 11.9 Å². The molecule has 6 heteroatoms. The summed E-state index contributed by atoms with van der Waals surface area (Å²) in [6.07, 6.45) is -0.0114. The Kier molecular flexibility index (Phi) is 4.72. The molecule has 100 valence electrons. The number of benzene rings is 1. The van der Waals surface area contributed by atoms with E-state index in [0.717, 1.165) is 0 Å². The Labute approximate surface area is 107 Å². The van der Waals surface area contributed by atoms with Gasteiger partial charge in [-0.15, -0.1) is 0 Å². The minimum Gasteiger partial charge on any atom is -0.491 e. The van der Waals surface area contributed by atoms with Gasteiger partial charge in [-0.05, 0) is 39.0 Å². The fraction of sp³-hybridized carbons (Fsp3) is 0.417. The van der Waals surface area contributed by atoms with Crippen molar-refractivity contribution in [2.24, 2.45) is 0 Å². The maximum Gasteiger partial charge on any atom is 0.264 e. The Morgan fingerprint density at radius 2 is 2.06 bits per heavy atom. The highest BCUT2D eigenvalue weighted by atomic mass is 32.2. The largest absolute Gasteiger partial charge is 0.491 e. The van der Waals surface area contributed by atoms with Crippen LogP contribution in [0.15, 0.2) is 24.3 Å². The highest BCUT2D eigenvalue weighted by molar-refractivity contribution is 7.90. The van der Waals surface area contributed by atoms with Crippen LogP contribution in [0.2, 0.25) is 0 Å². The Morgan fingerprint density at radius 1 is 1.39 bits per heavy atom. The van der Waals surface area contributed by atoms with Crippen molar-refractivity contribution in [2.45, 2.75) is 26.9 Å². The van der Waals surface area contributed by atoms with Crippen LogP contribution in [0, 0.1) is 0 Å². The van der Waals surface area contributed by atoms with Gasteiger partial charge in [0.25, 0.3) is 5.91 Å². The average Bonchev–Trinajstić information content (AvgIpc) is 2.28. The second-order valence-electron chi connectivity index (χ2n) is 4.03. The minimum atomic E-state index is -3.54. The lowest BCUT2D eigenvalue weighted by molar-refractivity contribution is 0.0980. The van der Waals surface area contributed by atoms with Crippen molar-refractivity contribution in [2.75, 3.05) is 5.75 Å². The Bertz CT molecular complexity index is 523. The third-order valence-electron chi connectivity index (χ3n) is 2.10. The van der Waals surface area contributed by atoms with Crippen LogP contribution in [0.25, 0.3) is 0 Å². The van der Waals surface area contributed by atoms with Crippen LogP contribution in [-0.4, -0.2) is 26.2 Å². The Balaban J connectivity index is 2.87. The second kappa shape index (κ2) is 5.86. The summed E-state index contributed by atoms with van der Waals surface area (Å²) in [6.45, 7) is 5.20. The third-order valence-corrected chi connectivity index (χ3v) is 3.35. The SMILES string of the molecule is CCS(=O)(=O)NC(=O)c1cccc(OC(C)C)c1. The summed E-state index contributed by atoms with van der Waals surface area (Å²) in [5.74, 6) is -0.251. The molecule has 1 N–H and O–H groups in total.